The lowest BCUT2D eigenvalue weighted by Gasteiger charge is -2.41. The van der Waals surface area contributed by atoms with Gasteiger partial charge in [-0.2, -0.15) is 0 Å². The highest BCUT2D eigenvalue weighted by atomic mass is 16.5. The number of nitrogens with zero attached hydrogens (tertiary/aromatic N) is 1. The molecular formula is C16H34N2O2. The Labute approximate surface area is 125 Å². The molecule has 0 amide bonds. The highest BCUT2D eigenvalue weighted by Crippen LogP contribution is 2.38. The van der Waals surface area contributed by atoms with E-state index in [1.54, 1.807) is 14.2 Å². The second-order valence-electron chi connectivity index (χ2n) is 6.97. The first-order valence-electron chi connectivity index (χ1n) is 7.94. The molecule has 1 saturated carbocycles. The van der Waals surface area contributed by atoms with Crippen LogP contribution in [0.15, 0.2) is 0 Å². The maximum absolute atomic E-state index is 6.35. The first-order valence-corrected chi connectivity index (χ1v) is 7.94. The first kappa shape index (κ1) is 17.9. The fourth-order valence-corrected chi connectivity index (χ4v) is 3.24. The van der Waals surface area contributed by atoms with E-state index in [2.05, 4.69) is 18.7 Å². The van der Waals surface area contributed by atoms with Crippen molar-refractivity contribution in [2.75, 3.05) is 47.1 Å². The Bertz CT molecular complexity index is 259. The van der Waals surface area contributed by atoms with Crippen LogP contribution in [0, 0.1) is 11.3 Å². The van der Waals surface area contributed by atoms with Crippen molar-refractivity contribution in [3.8, 4) is 0 Å². The van der Waals surface area contributed by atoms with Crippen molar-refractivity contribution in [2.24, 2.45) is 17.1 Å². The predicted octanol–water partition coefficient (Wildman–Crippen LogP) is 2.12. The van der Waals surface area contributed by atoms with Gasteiger partial charge in [0.25, 0.3) is 0 Å². The molecule has 0 spiro atoms. The molecule has 4 heteroatoms. The molecule has 0 aliphatic heterocycles. The molecule has 1 aliphatic rings. The zero-order valence-electron chi connectivity index (χ0n) is 13.9. The van der Waals surface area contributed by atoms with Crippen molar-refractivity contribution in [1.29, 1.82) is 0 Å². The minimum absolute atomic E-state index is 0.357. The highest BCUT2D eigenvalue weighted by molar-refractivity contribution is 4.88. The monoisotopic (exact) mass is 286 g/mol. The van der Waals surface area contributed by atoms with E-state index in [0.717, 1.165) is 45.7 Å². The standard InChI is InChI=1S/C16H34N2O2/c1-16(2)7-6-15(17)14(12-16)13-18(9-11-20-4)8-5-10-19-3/h14-15H,5-13,17H2,1-4H3. The molecular weight excluding hydrogens is 252 g/mol. The Morgan fingerprint density at radius 1 is 1.15 bits per heavy atom. The molecule has 2 unspecified atom stereocenters. The van der Waals surface area contributed by atoms with Crippen LogP contribution in [-0.2, 0) is 9.47 Å². The van der Waals surface area contributed by atoms with Crippen LogP contribution in [0.5, 0.6) is 0 Å². The van der Waals surface area contributed by atoms with Crippen molar-refractivity contribution in [2.45, 2.75) is 45.6 Å². The van der Waals surface area contributed by atoms with E-state index in [4.69, 9.17) is 15.2 Å². The Hall–Kier alpha value is -0.160. The van der Waals surface area contributed by atoms with Gasteiger partial charge < -0.3 is 20.1 Å². The van der Waals surface area contributed by atoms with E-state index in [9.17, 15) is 0 Å². The van der Waals surface area contributed by atoms with Gasteiger partial charge in [-0.25, -0.2) is 0 Å². The quantitative estimate of drug-likeness (QED) is 0.660. The summed E-state index contributed by atoms with van der Waals surface area (Å²) in [4.78, 5) is 2.49. The molecule has 2 N–H and O–H groups in total. The van der Waals surface area contributed by atoms with Crippen LogP contribution in [0.3, 0.4) is 0 Å². The van der Waals surface area contributed by atoms with Crippen LogP contribution in [0.4, 0.5) is 0 Å². The van der Waals surface area contributed by atoms with Crippen LogP contribution >= 0.6 is 0 Å². The first-order chi connectivity index (χ1) is 9.48. The van der Waals surface area contributed by atoms with Crippen LogP contribution in [0.25, 0.3) is 0 Å². The largest absolute Gasteiger partial charge is 0.385 e. The van der Waals surface area contributed by atoms with Gasteiger partial charge in [-0.1, -0.05) is 13.8 Å². The van der Waals surface area contributed by atoms with E-state index >= 15 is 0 Å². The van der Waals surface area contributed by atoms with Crippen LogP contribution in [0.1, 0.15) is 39.5 Å². The third-order valence-corrected chi connectivity index (χ3v) is 4.50. The second kappa shape index (κ2) is 8.98. The van der Waals surface area contributed by atoms with Gasteiger partial charge in [0.2, 0.25) is 0 Å². The van der Waals surface area contributed by atoms with Gasteiger partial charge in [0.15, 0.2) is 0 Å². The maximum Gasteiger partial charge on any atom is 0.0589 e. The SMILES string of the molecule is COCCCN(CCOC)CC1CC(C)(C)CCC1N. The van der Waals surface area contributed by atoms with Crippen LogP contribution in [0.2, 0.25) is 0 Å². The Kier molecular flexibility index (Phi) is 8.03. The Morgan fingerprint density at radius 3 is 2.50 bits per heavy atom. The molecule has 0 heterocycles. The number of methoxy groups -OCH3 is 2. The Morgan fingerprint density at radius 2 is 1.85 bits per heavy atom. The fraction of sp³-hybridized carbons (Fsp3) is 1.00. The van der Waals surface area contributed by atoms with E-state index in [-0.39, 0.29) is 0 Å². The lowest BCUT2D eigenvalue weighted by atomic mass is 9.70. The van der Waals surface area contributed by atoms with Crippen LogP contribution < -0.4 is 5.73 Å². The molecule has 0 aromatic heterocycles. The van der Waals surface area contributed by atoms with E-state index in [0.29, 0.717) is 17.4 Å². The summed E-state index contributed by atoms with van der Waals surface area (Å²) in [7, 11) is 3.53. The summed E-state index contributed by atoms with van der Waals surface area (Å²) in [6.45, 7) is 9.51. The normalized spacial score (nSPS) is 26.1. The zero-order valence-corrected chi connectivity index (χ0v) is 13.9. The molecule has 4 nitrogen and oxygen atoms in total. The number of ether oxygens (including phenoxy) is 2. The average Bonchev–Trinajstić information content (AvgIpc) is 2.40. The van der Waals surface area contributed by atoms with Gasteiger partial charge in [-0.15, -0.1) is 0 Å². The lowest BCUT2D eigenvalue weighted by molar-refractivity contribution is 0.0869. The molecule has 120 valence electrons. The number of hydrogen-bond donors (Lipinski definition) is 1. The maximum atomic E-state index is 6.35. The van der Waals surface area contributed by atoms with E-state index < -0.39 is 0 Å². The molecule has 0 aromatic rings. The molecule has 0 aromatic carbocycles. The topological polar surface area (TPSA) is 47.7 Å². The summed E-state index contributed by atoms with van der Waals surface area (Å²) >= 11 is 0. The molecule has 0 saturated heterocycles. The number of rotatable bonds is 9. The zero-order chi connectivity index (χ0) is 15.0. The van der Waals surface area contributed by atoms with Gasteiger partial charge in [-0.3, -0.25) is 0 Å². The minimum Gasteiger partial charge on any atom is -0.385 e. The van der Waals surface area contributed by atoms with Gasteiger partial charge in [0, 0.05) is 46.5 Å². The van der Waals surface area contributed by atoms with Gasteiger partial charge in [0.05, 0.1) is 6.61 Å². The van der Waals surface area contributed by atoms with E-state index in [1.807, 2.05) is 0 Å². The summed E-state index contributed by atoms with van der Waals surface area (Å²) in [5, 5.41) is 0. The minimum atomic E-state index is 0.357. The smallest absolute Gasteiger partial charge is 0.0589 e. The number of nitrogens with two attached hydrogens (primary N) is 1. The molecule has 1 fully saturated rings. The second-order valence-corrected chi connectivity index (χ2v) is 6.97. The van der Waals surface area contributed by atoms with Crippen molar-refractivity contribution in [3.05, 3.63) is 0 Å². The molecule has 1 rings (SSSR count). The third kappa shape index (κ3) is 6.53. The molecule has 0 bridgehead atoms. The predicted molar refractivity (Wildman–Crippen MR) is 83.9 cm³/mol. The van der Waals surface area contributed by atoms with Crippen molar-refractivity contribution in [3.63, 3.8) is 0 Å². The summed E-state index contributed by atoms with van der Waals surface area (Å²) in [5.74, 6) is 0.609. The highest BCUT2D eigenvalue weighted by Gasteiger charge is 2.33. The van der Waals surface area contributed by atoms with Crippen molar-refractivity contribution >= 4 is 0 Å². The third-order valence-electron chi connectivity index (χ3n) is 4.50. The fourth-order valence-electron chi connectivity index (χ4n) is 3.24. The van der Waals surface area contributed by atoms with Crippen molar-refractivity contribution in [1.82, 2.24) is 4.90 Å². The summed E-state index contributed by atoms with van der Waals surface area (Å²) in [6, 6.07) is 0.357. The molecule has 2 atom stereocenters. The summed E-state index contributed by atoms with van der Waals surface area (Å²) in [5.41, 5.74) is 6.79. The Balaban J connectivity index is 2.48. The molecule has 0 radical (unpaired) electrons. The van der Waals surface area contributed by atoms with Crippen molar-refractivity contribution < 1.29 is 9.47 Å². The van der Waals surface area contributed by atoms with Gasteiger partial charge in [0.1, 0.15) is 0 Å². The number of hydrogen-bond acceptors (Lipinski definition) is 4. The van der Waals surface area contributed by atoms with Gasteiger partial charge in [-0.05, 0) is 37.0 Å². The molecule has 20 heavy (non-hydrogen) atoms. The van der Waals surface area contributed by atoms with Gasteiger partial charge >= 0.3 is 0 Å². The summed E-state index contributed by atoms with van der Waals surface area (Å²) in [6.07, 6.45) is 4.73. The summed E-state index contributed by atoms with van der Waals surface area (Å²) < 4.78 is 10.4. The van der Waals surface area contributed by atoms with Crippen LogP contribution in [-0.4, -0.2) is 58.0 Å². The molecule has 1 aliphatic carbocycles. The lowest BCUT2D eigenvalue weighted by Crippen LogP contribution is -2.46. The van der Waals surface area contributed by atoms with E-state index in [1.165, 1.54) is 12.8 Å². The average molecular weight is 286 g/mol.